The average molecular weight is 289 g/mol. The van der Waals surface area contributed by atoms with Crippen LogP contribution in [0.15, 0.2) is 35.7 Å². The van der Waals surface area contributed by atoms with Crippen molar-refractivity contribution >= 4 is 17.2 Å². The van der Waals surface area contributed by atoms with Gasteiger partial charge in [-0.05, 0) is 34.7 Å². The van der Waals surface area contributed by atoms with Crippen LogP contribution in [0.4, 0.5) is 0 Å². The van der Waals surface area contributed by atoms with Crippen molar-refractivity contribution in [3.63, 3.8) is 0 Å². The van der Waals surface area contributed by atoms with Crippen molar-refractivity contribution in [3.8, 4) is 5.75 Å². The van der Waals surface area contributed by atoms with E-state index >= 15 is 0 Å². The molecule has 3 rings (SSSR count). The second kappa shape index (κ2) is 5.64. The number of ether oxygens (including phenoxy) is 1. The quantitative estimate of drug-likeness (QED) is 0.906. The maximum atomic E-state index is 11.8. The number of hydrogen-bond donors (Lipinski definition) is 2. The van der Waals surface area contributed by atoms with E-state index < -0.39 is 6.10 Å². The minimum absolute atomic E-state index is 0.149. The molecule has 2 aromatic rings. The highest BCUT2D eigenvalue weighted by atomic mass is 32.1. The van der Waals surface area contributed by atoms with E-state index in [0.29, 0.717) is 11.5 Å². The highest BCUT2D eigenvalue weighted by molar-refractivity contribution is 7.12. The fraction of sp³-hybridized carbons (Fsp3) is 0.267. The molecule has 0 fully saturated rings. The maximum absolute atomic E-state index is 11.8. The zero-order valence-electron chi connectivity index (χ0n) is 10.8. The molecule has 2 N–H and O–H groups in total. The van der Waals surface area contributed by atoms with E-state index in [9.17, 15) is 9.90 Å². The Labute approximate surface area is 121 Å². The number of rotatable bonds is 4. The first-order valence-electron chi connectivity index (χ1n) is 6.49. The number of nitrogens with one attached hydrogen (secondary N) is 1. The van der Waals surface area contributed by atoms with Crippen LogP contribution in [-0.2, 0) is 6.42 Å². The van der Waals surface area contributed by atoms with Gasteiger partial charge in [-0.2, -0.15) is 0 Å². The molecule has 20 heavy (non-hydrogen) atoms. The van der Waals surface area contributed by atoms with Gasteiger partial charge in [-0.25, -0.2) is 0 Å². The summed E-state index contributed by atoms with van der Waals surface area (Å²) in [6.45, 7) is 0.903. The van der Waals surface area contributed by atoms with Gasteiger partial charge in [0, 0.05) is 13.0 Å². The van der Waals surface area contributed by atoms with E-state index in [1.165, 1.54) is 11.3 Å². The van der Waals surface area contributed by atoms with Crippen molar-refractivity contribution in [1.82, 2.24) is 5.32 Å². The molecule has 4 nitrogen and oxygen atoms in total. The molecule has 104 valence electrons. The van der Waals surface area contributed by atoms with E-state index in [4.69, 9.17) is 4.74 Å². The Bertz CT molecular complexity index is 610. The summed E-state index contributed by atoms with van der Waals surface area (Å²) in [5.74, 6) is 0.743. The molecule has 2 heterocycles. The molecule has 1 aliphatic heterocycles. The SMILES string of the molecule is O=C(NC[C@H](O)c1ccc2c(c1)CCO2)c1cccs1. The number of carbonyl (C=O) groups is 1. The highest BCUT2D eigenvalue weighted by Gasteiger charge is 2.16. The van der Waals surface area contributed by atoms with Crippen LogP contribution in [0, 0.1) is 0 Å². The van der Waals surface area contributed by atoms with Crippen molar-refractivity contribution in [2.45, 2.75) is 12.5 Å². The predicted molar refractivity (Wildman–Crippen MR) is 77.3 cm³/mol. The van der Waals surface area contributed by atoms with Gasteiger partial charge < -0.3 is 15.2 Å². The summed E-state index contributed by atoms with van der Waals surface area (Å²) >= 11 is 1.38. The second-order valence-electron chi connectivity index (χ2n) is 4.67. The molecule has 1 aliphatic rings. The molecule has 0 aliphatic carbocycles. The first-order valence-corrected chi connectivity index (χ1v) is 7.37. The summed E-state index contributed by atoms with van der Waals surface area (Å²) in [6.07, 6.45) is 0.169. The number of thiophene rings is 1. The summed E-state index contributed by atoms with van der Waals surface area (Å²) in [6, 6.07) is 9.26. The smallest absolute Gasteiger partial charge is 0.261 e. The molecule has 0 bridgehead atoms. The summed E-state index contributed by atoms with van der Waals surface area (Å²) in [5, 5.41) is 14.7. The van der Waals surface area contributed by atoms with Crippen LogP contribution in [0.1, 0.15) is 26.9 Å². The summed E-state index contributed by atoms with van der Waals surface area (Å²) in [5.41, 5.74) is 1.92. The highest BCUT2D eigenvalue weighted by Crippen LogP contribution is 2.28. The van der Waals surface area contributed by atoms with Crippen LogP contribution in [0.5, 0.6) is 5.75 Å². The monoisotopic (exact) mass is 289 g/mol. The molecule has 1 amide bonds. The Hall–Kier alpha value is -1.85. The van der Waals surface area contributed by atoms with Gasteiger partial charge in [-0.15, -0.1) is 11.3 Å². The molecule has 0 saturated heterocycles. The van der Waals surface area contributed by atoms with Gasteiger partial charge in [0.15, 0.2) is 0 Å². The van der Waals surface area contributed by atoms with E-state index in [0.717, 1.165) is 23.3 Å². The Balaban J connectivity index is 1.62. The van der Waals surface area contributed by atoms with Crippen molar-refractivity contribution in [2.75, 3.05) is 13.2 Å². The number of fused-ring (bicyclic) bond motifs is 1. The third-order valence-corrected chi connectivity index (χ3v) is 4.17. The fourth-order valence-electron chi connectivity index (χ4n) is 2.22. The topological polar surface area (TPSA) is 58.6 Å². The Kier molecular flexibility index (Phi) is 3.71. The molecule has 5 heteroatoms. The van der Waals surface area contributed by atoms with Crippen LogP contribution in [-0.4, -0.2) is 24.2 Å². The molecular formula is C15H15NO3S. The van der Waals surface area contributed by atoms with E-state index in [1.807, 2.05) is 29.6 Å². The van der Waals surface area contributed by atoms with Gasteiger partial charge in [0.1, 0.15) is 5.75 Å². The maximum Gasteiger partial charge on any atom is 0.261 e. The van der Waals surface area contributed by atoms with Gasteiger partial charge in [-0.3, -0.25) is 4.79 Å². The van der Waals surface area contributed by atoms with E-state index in [2.05, 4.69) is 5.32 Å². The molecular weight excluding hydrogens is 274 g/mol. The lowest BCUT2D eigenvalue weighted by atomic mass is 10.0. The molecule has 0 spiro atoms. The lowest BCUT2D eigenvalue weighted by Crippen LogP contribution is -2.27. The van der Waals surface area contributed by atoms with Crippen molar-refractivity contribution in [1.29, 1.82) is 0 Å². The lowest BCUT2D eigenvalue weighted by Gasteiger charge is -2.13. The number of aliphatic hydroxyl groups is 1. The number of aliphatic hydroxyl groups excluding tert-OH is 1. The lowest BCUT2D eigenvalue weighted by molar-refractivity contribution is 0.0920. The van der Waals surface area contributed by atoms with Crippen LogP contribution in [0.3, 0.4) is 0 Å². The molecule has 0 saturated carbocycles. The molecule has 1 aromatic heterocycles. The third kappa shape index (κ3) is 2.69. The standard InChI is InChI=1S/C15H15NO3S/c17-12(9-16-15(18)14-2-1-7-20-14)10-3-4-13-11(8-10)5-6-19-13/h1-4,7-8,12,17H,5-6,9H2,(H,16,18)/t12-/m0/s1. The van der Waals surface area contributed by atoms with Gasteiger partial charge in [-0.1, -0.05) is 12.1 Å². The van der Waals surface area contributed by atoms with Gasteiger partial charge >= 0.3 is 0 Å². The molecule has 1 aromatic carbocycles. The number of benzene rings is 1. The number of carbonyl (C=O) groups excluding carboxylic acids is 1. The Morgan fingerprint density at radius 3 is 3.15 bits per heavy atom. The minimum atomic E-state index is -0.704. The third-order valence-electron chi connectivity index (χ3n) is 3.30. The van der Waals surface area contributed by atoms with Crippen molar-refractivity contribution < 1.29 is 14.6 Å². The average Bonchev–Trinajstić information content (AvgIpc) is 3.13. The first kappa shape index (κ1) is 13.1. The normalized spacial score (nSPS) is 14.4. The number of hydrogen-bond acceptors (Lipinski definition) is 4. The predicted octanol–water partition coefficient (Wildman–Crippen LogP) is 2.15. The molecule has 0 unspecified atom stereocenters. The molecule has 0 radical (unpaired) electrons. The van der Waals surface area contributed by atoms with Gasteiger partial charge in [0.05, 0.1) is 17.6 Å². The first-order chi connectivity index (χ1) is 9.74. The minimum Gasteiger partial charge on any atom is -0.493 e. The van der Waals surface area contributed by atoms with E-state index in [1.54, 1.807) is 6.07 Å². The summed E-state index contributed by atoms with van der Waals surface area (Å²) < 4.78 is 5.43. The number of amides is 1. The fourth-order valence-corrected chi connectivity index (χ4v) is 2.86. The summed E-state index contributed by atoms with van der Waals surface area (Å²) in [7, 11) is 0. The van der Waals surface area contributed by atoms with Gasteiger partial charge in [0.25, 0.3) is 5.91 Å². The van der Waals surface area contributed by atoms with E-state index in [-0.39, 0.29) is 12.5 Å². The Morgan fingerprint density at radius 2 is 2.35 bits per heavy atom. The second-order valence-corrected chi connectivity index (χ2v) is 5.62. The van der Waals surface area contributed by atoms with Crippen molar-refractivity contribution in [3.05, 3.63) is 51.7 Å². The summed E-state index contributed by atoms with van der Waals surface area (Å²) in [4.78, 5) is 12.4. The van der Waals surface area contributed by atoms with Crippen LogP contribution in [0.25, 0.3) is 0 Å². The van der Waals surface area contributed by atoms with Gasteiger partial charge in [0.2, 0.25) is 0 Å². The molecule has 1 atom stereocenters. The zero-order valence-corrected chi connectivity index (χ0v) is 11.7. The van der Waals surface area contributed by atoms with Crippen LogP contribution in [0.2, 0.25) is 0 Å². The Morgan fingerprint density at radius 1 is 1.45 bits per heavy atom. The van der Waals surface area contributed by atoms with Crippen LogP contribution >= 0.6 is 11.3 Å². The zero-order chi connectivity index (χ0) is 13.9. The largest absolute Gasteiger partial charge is 0.493 e. The van der Waals surface area contributed by atoms with Crippen LogP contribution < -0.4 is 10.1 Å². The van der Waals surface area contributed by atoms with Crippen molar-refractivity contribution in [2.24, 2.45) is 0 Å².